The number of ether oxygens (including phenoxy) is 1. The summed E-state index contributed by atoms with van der Waals surface area (Å²) in [4.78, 5) is 12.1. The number of rotatable bonds is 7. The van der Waals surface area contributed by atoms with Crippen molar-refractivity contribution in [3.63, 3.8) is 0 Å². The Balaban J connectivity index is 1.82. The third-order valence-electron chi connectivity index (χ3n) is 3.97. The molecule has 0 saturated carbocycles. The second-order valence-corrected chi connectivity index (χ2v) is 5.54. The first-order chi connectivity index (χ1) is 9.72. The molecule has 4 nitrogen and oxygen atoms in total. The van der Waals surface area contributed by atoms with Crippen molar-refractivity contribution in [1.82, 2.24) is 9.78 Å². The second kappa shape index (κ2) is 7.58. The number of hydrogen-bond acceptors (Lipinski definition) is 3. The minimum absolute atomic E-state index is 0.301. The molecule has 0 amide bonds. The predicted octanol–water partition coefficient (Wildman–Crippen LogP) is 2.93. The zero-order valence-corrected chi connectivity index (χ0v) is 12.7. The summed E-state index contributed by atoms with van der Waals surface area (Å²) in [5, 5.41) is 4.49. The van der Waals surface area contributed by atoms with E-state index < -0.39 is 0 Å². The summed E-state index contributed by atoms with van der Waals surface area (Å²) in [6.07, 6.45) is 6.75. The maximum absolute atomic E-state index is 12.1. The molecule has 1 fully saturated rings. The first kappa shape index (κ1) is 15.2. The highest BCUT2D eigenvalue weighted by atomic mass is 16.5. The molecule has 0 bridgehead atoms. The minimum atomic E-state index is 0.301. The average Bonchev–Trinajstić information content (AvgIpc) is 2.88. The van der Waals surface area contributed by atoms with Crippen LogP contribution < -0.4 is 0 Å². The first-order valence-electron chi connectivity index (χ1n) is 7.91. The topological polar surface area (TPSA) is 44.1 Å². The third-order valence-corrected chi connectivity index (χ3v) is 3.97. The van der Waals surface area contributed by atoms with Gasteiger partial charge in [0.05, 0.1) is 11.8 Å². The van der Waals surface area contributed by atoms with E-state index in [4.69, 9.17) is 4.74 Å². The van der Waals surface area contributed by atoms with E-state index in [2.05, 4.69) is 25.0 Å². The molecule has 112 valence electrons. The summed E-state index contributed by atoms with van der Waals surface area (Å²) in [5.41, 5.74) is 2.13. The number of carbonyl (C=O) groups excluding carboxylic acids is 1. The summed E-state index contributed by atoms with van der Waals surface area (Å²) in [6.45, 7) is 5.85. The van der Waals surface area contributed by atoms with E-state index in [1.54, 1.807) is 0 Å². The summed E-state index contributed by atoms with van der Waals surface area (Å²) in [7, 11) is 0. The largest absolute Gasteiger partial charge is 0.378 e. The zero-order chi connectivity index (χ0) is 14.4. The van der Waals surface area contributed by atoms with Gasteiger partial charge in [0.2, 0.25) is 0 Å². The Kier molecular flexibility index (Phi) is 5.77. The van der Waals surface area contributed by atoms with Crippen molar-refractivity contribution < 1.29 is 9.53 Å². The molecule has 2 rings (SSSR count). The van der Waals surface area contributed by atoms with Crippen molar-refractivity contribution in [3.05, 3.63) is 17.5 Å². The zero-order valence-electron chi connectivity index (χ0n) is 12.7. The maximum atomic E-state index is 12.1. The molecule has 20 heavy (non-hydrogen) atoms. The van der Waals surface area contributed by atoms with Gasteiger partial charge in [0.25, 0.3) is 0 Å². The number of aromatic nitrogens is 2. The average molecular weight is 278 g/mol. The normalized spacial score (nSPS) is 19.2. The van der Waals surface area contributed by atoms with Gasteiger partial charge in [-0.2, -0.15) is 5.10 Å². The molecular formula is C16H26N2O2. The molecule has 1 atom stereocenters. The van der Waals surface area contributed by atoms with Crippen LogP contribution in [0.3, 0.4) is 0 Å². The number of carbonyl (C=O) groups is 1. The van der Waals surface area contributed by atoms with Crippen LogP contribution in [-0.4, -0.2) is 28.3 Å². The molecule has 0 radical (unpaired) electrons. The monoisotopic (exact) mass is 278 g/mol. The fourth-order valence-corrected chi connectivity index (χ4v) is 2.75. The lowest BCUT2D eigenvalue weighted by Gasteiger charge is -2.22. The Morgan fingerprint density at radius 3 is 2.95 bits per heavy atom. The predicted molar refractivity (Wildman–Crippen MR) is 78.8 cm³/mol. The Morgan fingerprint density at radius 2 is 2.30 bits per heavy atom. The standard InChI is InChI=1S/C16H26N2O2/c1-3-13-11-14(18(4-2)17-13)12-15(19)8-9-16-7-5-6-10-20-16/h11,16H,3-10,12H2,1-2H3. The van der Waals surface area contributed by atoms with Gasteiger partial charge in [-0.25, -0.2) is 0 Å². The van der Waals surface area contributed by atoms with Gasteiger partial charge >= 0.3 is 0 Å². The van der Waals surface area contributed by atoms with Crippen LogP contribution in [0.5, 0.6) is 0 Å². The minimum Gasteiger partial charge on any atom is -0.378 e. The van der Waals surface area contributed by atoms with Crippen molar-refractivity contribution in [2.24, 2.45) is 0 Å². The van der Waals surface area contributed by atoms with Crippen molar-refractivity contribution >= 4 is 5.78 Å². The molecule has 1 aliphatic rings. The van der Waals surface area contributed by atoms with Crippen LogP contribution >= 0.6 is 0 Å². The summed E-state index contributed by atoms with van der Waals surface area (Å²) >= 11 is 0. The highest BCUT2D eigenvalue weighted by Gasteiger charge is 2.16. The van der Waals surface area contributed by atoms with Crippen LogP contribution in [-0.2, 0) is 28.9 Å². The van der Waals surface area contributed by atoms with Crippen molar-refractivity contribution in [2.45, 2.75) is 71.4 Å². The van der Waals surface area contributed by atoms with E-state index in [-0.39, 0.29) is 0 Å². The number of aryl methyl sites for hydroxylation is 2. The summed E-state index contributed by atoms with van der Waals surface area (Å²) in [6, 6.07) is 2.07. The van der Waals surface area contributed by atoms with Gasteiger partial charge in [-0.15, -0.1) is 0 Å². The Morgan fingerprint density at radius 1 is 1.45 bits per heavy atom. The van der Waals surface area contributed by atoms with E-state index in [9.17, 15) is 4.79 Å². The highest BCUT2D eigenvalue weighted by Crippen LogP contribution is 2.18. The Hall–Kier alpha value is -1.16. The molecule has 1 aliphatic heterocycles. The quantitative estimate of drug-likeness (QED) is 0.770. The van der Waals surface area contributed by atoms with Gasteiger partial charge in [0.15, 0.2) is 0 Å². The number of nitrogens with zero attached hydrogens (tertiary/aromatic N) is 2. The van der Waals surface area contributed by atoms with Crippen LogP contribution in [0.25, 0.3) is 0 Å². The van der Waals surface area contributed by atoms with Gasteiger partial charge in [-0.3, -0.25) is 9.48 Å². The first-order valence-corrected chi connectivity index (χ1v) is 7.91. The van der Waals surface area contributed by atoms with Gasteiger partial charge in [0.1, 0.15) is 5.78 Å². The number of Topliss-reactive ketones (excluding diaryl/α,β-unsaturated/α-hetero) is 1. The summed E-state index contributed by atoms with van der Waals surface area (Å²) in [5.74, 6) is 0.302. The van der Waals surface area contributed by atoms with Gasteiger partial charge < -0.3 is 4.74 Å². The van der Waals surface area contributed by atoms with E-state index in [0.29, 0.717) is 24.7 Å². The van der Waals surface area contributed by atoms with E-state index in [1.165, 1.54) is 12.8 Å². The molecule has 4 heteroatoms. The molecule has 1 saturated heterocycles. The van der Waals surface area contributed by atoms with Crippen LogP contribution in [0.15, 0.2) is 6.07 Å². The van der Waals surface area contributed by atoms with Crippen LogP contribution in [0.1, 0.15) is 57.3 Å². The molecule has 1 unspecified atom stereocenters. The third kappa shape index (κ3) is 4.17. The maximum Gasteiger partial charge on any atom is 0.138 e. The van der Waals surface area contributed by atoms with Crippen LogP contribution in [0.2, 0.25) is 0 Å². The van der Waals surface area contributed by atoms with Gasteiger partial charge in [-0.1, -0.05) is 6.92 Å². The van der Waals surface area contributed by atoms with E-state index in [0.717, 1.165) is 43.8 Å². The van der Waals surface area contributed by atoms with Gasteiger partial charge in [0, 0.05) is 31.7 Å². The number of ketones is 1. The fraction of sp³-hybridized carbons (Fsp3) is 0.750. The van der Waals surface area contributed by atoms with Crippen LogP contribution in [0.4, 0.5) is 0 Å². The highest BCUT2D eigenvalue weighted by molar-refractivity contribution is 5.80. The lowest BCUT2D eigenvalue weighted by molar-refractivity contribution is -0.119. The Bertz CT molecular complexity index is 434. The molecule has 2 heterocycles. The molecule has 1 aromatic rings. The molecule has 0 N–H and O–H groups in total. The smallest absolute Gasteiger partial charge is 0.138 e. The summed E-state index contributed by atoms with van der Waals surface area (Å²) < 4.78 is 7.63. The SMILES string of the molecule is CCc1cc(CC(=O)CCC2CCCCO2)n(CC)n1. The molecule has 0 aliphatic carbocycles. The molecule has 1 aromatic heterocycles. The lowest BCUT2D eigenvalue weighted by atomic mass is 10.0. The van der Waals surface area contributed by atoms with Gasteiger partial charge in [-0.05, 0) is 45.1 Å². The molecule has 0 spiro atoms. The molecule has 0 aromatic carbocycles. The number of hydrogen-bond donors (Lipinski definition) is 0. The van der Waals surface area contributed by atoms with Crippen molar-refractivity contribution in [3.8, 4) is 0 Å². The van der Waals surface area contributed by atoms with E-state index >= 15 is 0 Å². The lowest BCUT2D eigenvalue weighted by Crippen LogP contribution is -2.20. The van der Waals surface area contributed by atoms with E-state index in [1.807, 2.05) is 4.68 Å². The fourth-order valence-electron chi connectivity index (χ4n) is 2.75. The van der Waals surface area contributed by atoms with Crippen LogP contribution in [0, 0.1) is 0 Å². The second-order valence-electron chi connectivity index (χ2n) is 5.54. The van der Waals surface area contributed by atoms with Crippen molar-refractivity contribution in [2.75, 3.05) is 6.61 Å². The van der Waals surface area contributed by atoms with Crippen molar-refractivity contribution in [1.29, 1.82) is 0 Å². The Labute approximate surface area is 121 Å². The molecular weight excluding hydrogens is 252 g/mol.